The molecule has 0 aromatic carbocycles. The van der Waals surface area contributed by atoms with Crippen LogP contribution < -0.4 is 0 Å². The maximum atomic E-state index is 12.5. The molecule has 0 N–H and O–H groups in total. The first-order valence-electron chi connectivity index (χ1n) is 8.62. The van der Waals surface area contributed by atoms with E-state index in [4.69, 9.17) is 0 Å². The SMILES string of the molecule is Cc1cc(C)n(CC(=O)N2CC(C(=O)N3CCCCCC3)C2)n1. The molecule has 0 aliphatic carbocycles. The van der Waals surface area contributed by atoms with Crippen LogP contribution in [0.15, 0.2) is 6.07 Å². The maximum Gasteiger partial charge on any atom is 0.244 e. The molecule has 3 heterocycles. The second-order valence-corrected chi connectivity index (χ2v) is 6.82. The lowest BCUT2D eigenvalue weighted by Crippen LogP contribution is -2.57. The largest absolute Gasteiger partial charge is 0.342 e. The molecule has 2 aliphatic heterocycles. The van der Waals surface area contributed by atoms with Crippen molar-refractivity contribution in [2.24, 2.45) is 5.92 Å². The van der Waals surface area contributed by atoms with E-state index in [1.54, 1.807) is 9.58 Å². The maximum absolute atomic E-state index is 12.5. The van der Waals surface area contributed by atoms with Crippen LogP contribution >= 0.6 is 0 Å². The molecule has 126 valence electrons. The van der Waals surface area contributed by atoms with E-state index in [9.17, 15) is 9.59 Å². The number of aromatic nitrogens is 2. The minimum Gasteiger partial charge on any atom is -0.342 e. The van der Waals surface area contributed by atoms with E-state index in [0.717, 1.165) is 37.3 Å². The minimum atomic E-state index is -0.00231. The fourth-order valence-corrected chi connectivity index (χ4v) is 3.45. The number of hydrogen-bond acceptors (Lipinski definition) is 3. The van der Waals surface area contributed by atoms with Crippen LogP contribution in [0.5, 0.6) is 0 Å². The number of amides is 2. The fourth-order valence-electron chi connectivity index (χ4n) is 3.45. The first-order chi connectivity index (χ1) is 11.0. The third-order valence-electron chi connectivity index (χ3n) is 4.89. The highest BCUT2D eigenvalue weighted by Crippen LogP contribution is 2.21. The molecular formula is C17H26N4O2. The average molecular weight is 318 g/mol. The topological polar surface area (TPSA) is 58.4 Å². The summed E-state index contributed by atoms with van der Waals surface area (Å²) in [4.78, 5) is 28.6. The van der Waals surface area contributed by atoms with Crippen LogP contribution in [-0.2, 0) is 16.1 Å². The van der Waals surface area contributed by atoms with Gasteiger partial charge in [0.2, 0.25) is 11.8 Å². The van der Waals surface area contributed by atoms with Gasteiger partial charge in [0.25, 0.3) is 0 Å². The molecule has 2 fully saturated rings. The number of likely N-dealkylation sites (tertiary alicyclic amines) is 2. The van der Waals surface area contributed by atoms with Gasteiger partial charge in [-0.05, 0) is 32.8 Å². The number of carbonyl (C=O) groups excluding carboxylic acids is 2. The third-order valence-corrected chi connectivity index (χ3v) is 4.89. The molecule has 0 radical (unpaired) electrons. The first-order valence-corrected chi connectivity index (χ1v) is 8.62. The fraction of sp³-hybridized carbons (Fsp3) is 0.706. The van der Waals surface area contributed by atoms with Crippen molar-refractivity contribution in [3.05, 3.63) is 17.5 Å². The van der Waals surface area contributed by atoms with Gasteiger partial charge in [0.15, 0.2) is 0 Å². The van der Waals surface area contributed by atoms with Crippen molar-refractivity contribution in [2.45, 2.75) is 46.1 Å². The van der Waals surface area contributed by atoms with Gasteiger partial charge in [-0.25, -0.2) is 0 Å². The summed E-state index contributed by atoms with van der Waals surface area (Å²) in [7, 11) is 0. The van der Waals surface area contributed by atoms with Gasteiger partial charge in [-0.3, -0.25) is 14.3 Å². The number of hydrogen-bond donors (Lipinski definition) is 0. The molecule has 6 heteroatoms. The summed E-state index contributed by atoms with van der Waals surface area (Å²) in [5.74, 6) is 0.288. The van der Waals surface area contributed by atoms with Crippen molar-refractivity contribution in [3.8, 4) is 0 Å². The Bertz CT molecular complexity index is 581. The van der Waals surface area contributed by atoms with Crippen molar-refractivity contribution in [3.63, 3.8) is 0 Å². The molecule has 0 bridgehead atoms. The Balaban J connectivity index is 1.49. The highest BCUT2D eigenvalue weighted by Gasteiger charge is 2.37. The number of nitrogens with zero attached hydrogens (tertiary/aromatic N) is 4. The predicted octanol–water partition coefficient (Wildman–Crippen LogP) is 1.36. The predicted molar refractivity (Wildman–Crippen MR) is 86.8 cm³/mol. The summed E-state index contributed by atoms with van der Waals surface area (Å²) in [6.07, 6.45) is 4.67. The highest BCUT2D eigenvalue weighted by atomic mass is 16.2. The van der Waals surface area contributed by atoms with Gasteiger partial charge < -0.3 is 9.80 Å². The number of carbonyl (C=O) groups is 2. The molecule has 0 saturated carbocycles. The summed E-state index contributed by atoms with van der Waals surface area (Å²) in [6, 6.07) is 1.97. The van der Waals surface area contributed by atoms with E-state index in [-0.39, 0.29) is 24.3 Å². The quantitative estimate of drug-likeness (QED) is 0.845. The highest BCUT2D eigenvalue weighted by molar-refractivity contribution is 5.84. The number of rotatable bonds is 3. The van der Waals surface area contributed by atoms with Gasteiger partial charge in [0.1, 0.15) is 6.54 Å². The first kappa shape index (κ1) is 16.0. The third kappa shape index (κ3) is 3.57. The summed E-state index contributed by atoms with van der Waals surface area (Å²) in [6.45, 7) is 7.04. The Hall–Kier alpha value is -1.85. The second-order valence-electron chi connectivity index (χ2n) is 6.82. The Labute approximate surface area is 137 Å². The molecule has 23 heavy (non-hydrogen) atoms. The van der Waals surface area contributed by atoms with Gasteiger partial charge in [-0.2, -0.15) is 5.10 Å². The van der Waals surface area contributed by atoms with Gasteiger partial charge in [-0.1, -0.05) is 12.8 Å². The normalized spacial score (nSPS) is 19.4. The van der Waals surface area contributed by atoms with Crippen molar-refractivity contribution in [1.82, 2.24) is 19.6 Å². The monoisotopic (exact) mass is 318 g/mol. The van der Waals surface area contributed by atoms with Crippen LogP contribution in [0.1, 0.15) is 37.1 Å². The smallest absolute Gasteiger partial charge is 0.244 e. The van der Waals surface area contributed by atoms with Gasteiger partial charge >= 0.3 is 0 Å². The molecule has 2 saturated heterocycles. The van der Waals surface area contributed by atoms with Crippen LogP contribution in [0.25, 0.3) is 0 Å². The van der Waals surface area contributed by atoms with Crippen LogP contribution in [0.2, 0.25) is 0 Å². The second kappa shape index (κ2) is 6.72. The van der Waals surface area contributed by atoms with Crippen LogP contribution in [0, 0.1) is 19.8 Å². The lowest BCUT2D eigenvalue weighted by atomic mass is 9.98. The van der Waals surface area contributed by atoms with Crippen LogP contribution in [0.3, 0.4) is 0 Å². The van der Waals surface area contributed by atoms with Crippen molar-refractivity contribution in [1.29, 1.82) is 0 Å². The molecule has 0 spiro atoms. The molecule has 6 nitrogen and oxygen atoms in total. The molecule has 3 rings (SSSR count). The van der Waals surface area contributed by atoms with Crippen LogP contribution in [0.4, 0.5) is 0 Å². The summed E-state index contributed by atoms with van der Waals surface area (Å²) >= 11 is 0. The van der Waals surface area contributed by atoms with Crippen molar-refractivity contribution in [2.75, 3.05) is 26.2 Å². The molecule has 2 amide bonds. The summed E-state index contributed by atoms with van der Waals surface area (Å²) in [5, 5.41) is 4.32. The minimum absolute atomic E-state index is 0.00231. The van der Waals surface area contributed by atoms with Crippen molar-refractivity contribution < 1.29 is 9.59 Å². The van der Waals surface area contributed by atoms with Crippen molar-refractivity contribution >= 4 is 11.8 Å². The zero-order valence-electron chi connectivity index (χ0n) is 14.1. The zero-order chi connectivity index (χ0) is 16.4. The summed E-state index contributed by atoms with van der Waals surface area (Å²) in [5.41, 5.74) is 1.92. The Morgan fingerprint density at radius 2 is 1.74 bits per heavy atom. The molecule has 1 aromatic rings. The molecular weight excluding hydrogens is 292 g/mol. The Morgan fingerprint density at radius 1 is 1.09 bits per heavy atom. The lowest BCUT2D eigenvalue weighted by Gasteiger charge is -2.40. The van der Waals surface area contributed by atoms with Gasteiger partial charge in [0, 0.05) is 31.9 Å². The van der Waals surface area contributed by atoms with E-state index in [0.29, 0.717) is 13.1 Å². The summed E-state index contributed by atoms with van der Waals surface area (Å²) < 4.78 is 1.74. The molecule has 0 unspecified atom stereocenters. The molecule has 1 aromatic heterocycles. The van der Waals surface area contributed by atoms with E-state index < -0.39 is 0 Å². The van der Waals surface area contributed by atoms with E-state index in [2.05, 4.69) is 5.10 Å². The van der Waals surface area contributed by atoms with Crippen LogP contribution in [-0.4, -0.2) is 57.6 Å². The van der Waals surface area contributed by atoms with E-state index in [1.807, 2.05) is 24.8 Å². The van der Waals surface area contributed by atoms with E-state index >= 15 is 0 Å². The Morgan fingerprint density at radius 3 is 2.30 bits per heavy atom. The van der Waals surface area contributed by atoms with E-state index in [1.165, 1.54) is 12.8 Å². The zero-order valence-corrected chi connectivity index (χ0v) is 14.1. The standard InChI is InChI=1S/C17H26N4O2/c1-13-9-14(2)21(18-13)12-16(22)20-10-15(11-20)17(23)19-7-5-3-4-6-8-19/h9,15H,3-8,10-12H2,1-2H3. The van der Waals surface area contributed by atoms with Gasteiger partial charge in [-0.15, -0.1) is 0 Å². The van der Waals surface area contributed by atoms with Gasteiger partial charge in [0.05, 0.1) is 11.6 Å². The molecule has 2 aliphatic rings. The number of aryl methyl sites for hydroxylation is 2. The lowest BCUT2D eigenvalue weighted by molar-refractivity contribution is -0.148. The Kier molecular flexibility index (Phi) is 4.68. The molecule has 0 atom stereocenters. The average Bonchev–Trinajstić information content (AvgIpc) is 2.68.